The van der Waals surface area contributed by atoms with Crippen LogP contribution in [0.4, 0.5) is 0 Å². The standard InChI is InChI=1S/C26H24N4/c1-2-4-17(5-3-1)26-24-12-10-22(29-24)15-20-8-6-18(27-20)14-19-7-9-21(28-19)16-23-11-13-25(26)30-23/h6-17,27,30H,1-5H2. The first-order valence-electron chi connectivity index (χ1n) is 10.9. The molecule has 1 saturated carbocycles. The Kier molecular flexibility index (Phi) is 4.15. The summed E-state index contributed by atoms with van der Waals surface area (Å²) in [6.45, 7) is 0. The predicted octanol–water partition coefficient (Wildman–Crippen LogP) is 6.70. The molecular weight excluding hydrogens is 368 g/mol. The number of nitrogens with one attached hydrogen (secondary N) is 2. The highest BCUT2D eigenvalue weighted by atomic mass is 14.8. The minimum absolute atomic E-state index is 0.558. The van der Waals surface area contributed by atoms with E-state index in [1.807, 2.05) is 0 Å². The van der Waals surface area contributed by atoms with Crippen LogP contribution in [-0.4, -0.2) is 19.9 Å². The summed E-state index contributed by atoms with van der Waals surface area (Å²) < 4.78 is 0. The highest BCUT2D eigenvalue weighted by molar-refractivity contribution is 5.79. The van der Waals surface area contributed by atoms with Crippen molar-refractivity contribution in [2.24, 2.45) is 0 Å². The number of nitrogens with zero attached hydrogens (tertiary/aromatic N) is 2. The maximum absolute atomic E-state index is 5.01. The number of aromatic nitrogens is 4. The van der Waals surface area contributed by atoms with Crippen molar-refractivity contribution in [3.05, 3.63) is 70.8 Å². The summed E-state index contributed by atoms with van der Waals surface area (Å²) in [6, 6.07) is 14.8. The molecule has 0 aromatic carbocycles. The Morgan fingerprint density at radius 2 is 1.23 bits per heavy atom. The molecule has 2 aliphatic heterocycles. The summed E-state index contributed by atoms with van der Waals surface area (Å²) in [5, 5.41) is 0. The Balaban J connectivity index is 1.66. The van der Waals surface area contributed by atoms with E-state index in [1.165, 1.54) is 43.2 Å². The van der Waals surface area contributed by atoms with E-state index in [4.69, 9.17) is 9.97 Å². The zero-order valence-corrected chi connectivity index (χ0v) is 16.9. The minimum Gasteiger partial charge on any atom is -0.355 e. The molecule has 148 valence electrons. The molecule has 3 aliphatic rings. The lowest BCUT2D eigenvalue weighted by Crippen LogP contribution is -2.06. The number of fused-ring (bicyclic) bond motifs is 8. The fourth-order valence-corrected chi connectivity index (χ4v) is 4.85. The topological polar surface area (TPSA) is 57.4 Å². The third kappa shape index (κ3) is 3.28. The van der Waals surface area contributed by atoms with Crippen LogP contribution in [0.1, 0.15) is 66.4 Å². The van der Waals surface area contributed by atoms with Crippen LogP contribution < -0.4 is 0 Å². The van der Waals surface area contributed by atoms with Crippen molar-refractivity contribution in [1.29, 1.82) is 0 Å². The van der Waals surface area contributed by atoms with Gasteiger partial charge in [-0.3, -0.25) is 0 Å². The summed E-state index contributed by atoms with van der Waals surface area (Å²) in [6.07, 6.45) is 14.9. The molecule has 2 N–H and O–H groups in total. The Morgan fingerprint density at radius 1 is 0.633 bits per heavy atom. The van der Waals surface area contributed by atoms with E-state index in [1.54, 1.807) is 0 Å². The minimum atomic E-state index is 0.558. The predicted molar refractivity (Wildman–Crippen MR) is 125 cm³/mol. The summed E-state index contributed by atoms with van der Waals surface area (Å²) in [4.78, 5) is 16.9. The van der Waals surface area contributed by atoms with Crippen LogP contribution >= 0.6 is 0 Å². The van der Waals surface area contributed by atoms with E-state index in [0.717, 1.165) is 39.3 Å². The number of aromatic amines is 2. The molecule has 6 rings (SSSR count). The Labute approximate surface area is 175 Å². The van der Waals surface area contributed by atoms with E-state index in [2.05, 4.69) is 76.7 Å². The van der Waals surface area contributed by atoms with Gasteiger partial charge < -0.3 is 9.97 Å². The molecule has 0 saturated heterocycles. The average molecular weight is 393 g/mol. The first-order valence-corrected chi connectivity index (χ1v) is 10.9. The van der Waals surface area contributed by atoms with Gasteiger partial charge >= 0.3 is 0 Å². The highest BCUT2D eigenvalue weighted by Crippen LogP contribution is 2.37. The number of hydrogen-bond acceptors (Lipinski definition) is 2. The molecule has 0 atom stereocenters. The van der Waals surface area contributed by atoms with Gasteiger partial charge in [0.15, 0.2) is 0 Å². The lowest BCUT2D eigenvalue weighted by atomic mass is 9.83. The van der Waals surface area contributed by atoms with E-state index in [9.17, 15) is 0 Å². The summed E-state index contributed by atoms with van der Waals surface area (Å²) in [5.74, 6) is 0.558. The van der Waals surface area contributed by atoms with Crippen LogP contribution in [0.25, 0.3) is 46.4 Å². The van der Waals surface area contributed by atoms with Gasteiger partial charge in [0, 0.05) is 27.6 Å². The maximum atomic E-state index is 5.01. The van der Waals surface area contributed by atoms with E-state index >= 15 is 0 Å². The molecule has 1 fully saturated rings. The van der Waals surface area contributed by atoms with Gasteiger partial charge in [0.05, 0.1) is 22.8 Å². The summed E-state index contributed by atoms with van der Waals surface area (Å²) >= 11 is 0. The van der Waals surface area contributed by atoms with E-state index in [-0.39, 0.29) is 0 Å². The van der Waals surface area contributed by atoms with Crippen LogP contribution in [0.5, 0.6) is 0 Å². The number of hydrogen-bond donors (Lipinski definition) is 2. The van der Waals surface area contributed by atoms with Gasteiger partial charge in [-0.2, -0.15) is 0 Å². The second-order valence-corrected chi connectivity index (χ2v) is 8.43. The molecular formula is C26H24N4. The SMILES string of the molecule is C1=Cc2cc3ccc([nH]3)c(C3CCCCC3)c3nc(cc4ccc(cc1n2)[nH]4)C=C3. The lowest BCUT2D eigenvalue weighted by Gasteiger charge is -2.22. The van der Waals surface area contributed by atoms with Crippen molar-refractivity contribution in [3.8, 4) is 0 Å². The molecule has 0 unspecified atom stereocenters. The molecule has 4 heteroatoms. The van der Waals surface area contributed by atoms with E-state index in [0.29, 0.717) is 5.92 Å². The Morgan fingerprint density at radius 3 is 1.97 bits per heavy atom. The van der Waals surface area contributed by atoms with Gasteiger partial charge in [0.2, 0.25) is 0 Å². The van der Waals surface area contributed by atoms with Crippen molar-refractivity contribution in [1.82, 2.24) is 19.9 Å². The molecule has 0 amide bonds. The molecule has 1 aliphatic carbocycles. The summed E-state index contributed by atoms with van der Waals surface area (Å²) in [5.41, 5.74) is 9.73. The fraction of sp³-hybridized carbons (Fsp3) is 0.231. The zero-order chi connectivity index (χ0) is 19.9. The lowest BCUT2D eigenvalue weighted by molar-refractivity contribution is 0.444. The van der Waals surface area contributed by atoms with Crippen LogP contribution in [0.2, 0.25) is 0 Å². The number of rotatable bonds is 1. The quantitative estimate of drug-likeness (QED) is 0.333. The normalized spacial score (nSPS) is 16.3. The van der Waals surface area contributed by atoms with Crippen molar-refractivity contribution in [3.63, 3.8) is 0 Å². The van der Waals surface area contributed by atoms with Gasteiger partial charge in [0.25, 0.3) is 0 Å². The zero-order valence-electron chi connectivity index (χ0n) is 16.9. The third-order valence-corrected chi connectivity index (χ3v) is 6.27. The first kappa shape index (κ1) is 17.5. The van der Waals surface area contributed by atoms with Crippen LogP contribution in [-0.2, 0) is 0 Å². The first-order chi connectivity index (χ1) is 14.8. The molecule has 0 spiro atoms. The molecule has 3 aromatic rings. The van der Waals surface area contributed by atoms with Gasteiger partial charge in [-0.15, -0.1) is 0 Å². The van der Waals surface area contributed by atoms with Crippen molar-refractivity contribution < 1.29 is 0 Å². The molecule has 4 nitrogen and oxygen atoms in total. The van der Waals surface area contributed by atoms with Crippen molar-refractivity contribution >= 4 is 46.4 Å². The second-order valence-electron chi connectivity index (χ2n) is 8.43. The molecule has 0 radical (unpaired) electrons. The van der Waals surface area contributed by atoms with Gasteiger partial charge in [-0.25, -0.2) is 9.97 Å². The molecule has 5 heterocycles. The molecule has 8 bridgehead atoms. The highest BCUT2D eigenvalue weighted by Gasteiger charge is 2.21. The van der Waals surface area contributed by atoms with E-state index < -0.39 is 0 Å². The van der Waals surface area contributed by atoms with Gasteiger partial charge in [-0.1, -0.05) is 19.3 Å². The Bertz CT molecular complexity index is 1330. The molecule has 3 aromatic heterocycles. The van der Waals surface area contributed by atoms with Gasteiger partial charge in [0.1, 0.15) is 0 Å². The maximum Gasteiger partial charge on any atom is 0.0693 e. The van der Waals surface area contributed by atoms with Crippen LogP contribution in [0.15, 0.2) is 42.5 Å². The fourth-order valence-electron chi connectivity index (χ4n) is 4.85. The average Bonchev–Trinajstić information content (AvgIpc) is 3.54. The molecule has 30 heavy (non-hydrogen) atoms. The Hall–Kier alpha value is -3.40. The van der Waals surface area contributed by atoms with Crippen LogP contribution in [0.3, 0.4) is 0 Å². The van der Waals surface area contributed by atoms with Crippen LogP contribution in [0, 0.1) is 0 Å². The monoisotopic (exact) mass is 392 g/mol. The van der Waals surface area contributed by atoms with Gasteiger partial charge in [-0.05, 0) is 85.5 Å². The smallest absolute Gasteiger partial charge is 0.0693 e. The third-order valence-electron chi connectivity index (χ3n) is 6.27. The number of H-pyrrole nitrogens is 2. The van der Waals surface area contributed by atoms with Crippen molar-refractivity contribution in [2.75, 3.05) is 0 Å². The largest absolute Gasteiger partial charge is 0.355 e. The summed E-state index contributed by atoms with van der Waals surface area (Å²) in [7, 11) is 0. The van der Waals surface area contributed by atoms with Crippen molar-refractivity contribution in [2.45, 2.75) is 38.0 Å². The second kappa shape index (κ2) is 7.13.